The molecule has 70 heavy (non-hydrogen) atoms. The maximum absolute atomic E-state index is 12.8. The summed E-state index contributed by atoms with van der Waals surface area (Å²) in [4.78, 5) is 38.1. The van der Waals surface area contributed by atoms with Crippen molar-refractivity contribution in [1.29, 1.82) is 0 Å². The Hall–Kier alpha value is -3.67. The second-order valence-corrected chi connectivity index (χ2v) is 19.2. The molecule has 0 radical (unpaired) electrons. The molecule has 0 saturated carbocycles. The molecule has 6 heteroatoms. The largest absolute Gasteiger partial charge is 0.462 e. The Kier molecular flexibility index (Phi) is 54.9. The summed E-state index contributed by atoms with van der Waals surface area (Å²) in [5.74, 6) is -0.915. The van der Waals surface area contributed by atoms with E-state index in [0.717, 1.165) is 128 Å². The van der Waals surface area contributed by atoms with Gasteiger partial charge in [-0.05, 0) is 122 Å². The van der Waals surface area contributed by atoms with E-state index >= 15 is 0 Å². The molecule has 0 amide bonds. The van der Waals surface area contributed by atoms with Crippen LogP contribution in [0.4, 0.5) is 0 Å². The monoisotopic (exact) mass is 973 g/mol. The zero-order valence-corrected chi connectivity index (χ0v) is 45.8. The molecule has 0 bridgehead atoms. The Morgan fingerprint density at radius 2 is 0.557 bits per heavy atom. The first-order valence-electron chi connectivity index (χ1n) is 29.2. The molecule has 0 heterocycles. The van der Waals surface area contributed by atoms with Crippen LogP contribution < -0.4 is 0 Å². The minimum Gasteiger partial charge on any atom is -0.462 e. The first kappa shape index (κ1) is 66.3. The number of allylic oxidation sites excluding steroid dienone is 16. The Bertz CT molecular complexity index is 1400. The van der Waals surface area contributed by atoms with Gasteiger partial charge >= 0.3 is 17.9 Å². The van der Waals surface area contributed by atoms with Crippen LogP contribution in [0.2, 0.25) is 0 Å². The fourth-order valence-corrected chi connectivity index (χ4v) is 7.91. The van der Waals surface area contributed by atoms with Crippen LogP contribution in [0.1, 0.15) is 271 Å². The van der Waals surface area contributed by atoms with E-state index in [-0.39, 0.29) is 31.1 Å². The van der Waals surface area contributed by atoms with Gasteiger partial charge in [-0.25, -0.2) is 0 Å². The smallest absolute Gasteiger partial charge is 0.306 e. The zero-order chi connectivity index (χ0) is 50.7. The minimum absolute atomic E-state index is 0.0891. The number of ether oxygens (including phenoxy) is 3. The van der Waals surface area contributed by atoms with Crippen molar-refractivity contribution in [3.05, 3.63) is 97.2 Å². The van der Waals surface area contributed by atoms with E-state index in [1.807, 2.05) is 0 Å². The summed E-state index contributed by atoms with van der Waals surface area (Å²) in [6, 6.07) is 0. The predicted molar refractivity (Wildman–Crippen MR) is 302 cm³/mol. The van der Waals surface area contributed by atoms with Gasteiger partial charge < -0.3 is 14.2 Å². The average molecular weight is 974 g/mol. The van der Waals surface area contributed by atoms with Gasteiger partial charge in [0.25, 0.3) is 0 Å². The van der Waals surface area contributed by atoms with Crippen molar-refractivity contribution >= 4 is 17.9 Å². The number of rotatable bonds is 52. The summed E-state index contributed by atoms with van der Waals surface area (Å²) in [6.45, 7) is 6.46. The Labute approximate surface area is 432 Å². The summed E-state index contributed by atoms with van der Waals surface area (Å²) in [6.07, 6.45) is 76.8. The number of unbranched alkanes of at least 4 members (excludes halogenated alkanes) is 25. The second kappa shape index (κ2) is 57.9. The molecule has 0 fully saturated rings. The fourth-order valence-electron chi connectivity index (χ4n) is 7.91. The Morgan fingerprint density at radius 3 is 0.886 bits per heavy atom. The van der Waals surface area contributed by atoms with Crippen molar-refractivity contribution in [3.8, 4) is 0 Å². The first-order chi connectivity index (χ1) is 34.5. The normalized spacial score (nSPS) is 12.8. The molecule has 0 aromatic rings. The van der Waals surface area contributed by atoms with Gasteiger partial charge in [-0.15, -0.1) is 0 Å². The lowest BCUT2D eigenvalue weighted by atomic mass is 10.1. The number of carbonyl (C=O) groups excluding carboxylic acids is 3. The standard InChI is InChI=1S/C64H108O6/c1-4-7-10-13-16-19-22-25-27-28-29-30-31-32-33-34-35-36-38-39-42-45-48-51-54-57-63(66)69-60-61(59-68-62(65)56-53-50-47-44-41-24-21-18-15-12-9-6-3)70-64(67)58-55-52-49-46-43-40-37-26-23-20-17-14-11-8-5-2/h7,10,16-21,25-27,29-30,32-33,37,61H,4-6,8-9,11-15,22-24,28,31,34-36,38-60H2,1-3H3/b10-7-,19-16-,20-17-,21-18-,27-25-,30-29-,33-32-,37-26-. The minimum atomic E-state index is -0.791. The fraction of sp³-hybridized carbons (Fsp3) is 0.703. The van der Waals surface area contributed by atoms with Crippen LogP contribution in [0.15, 0.2) is 97.2 Å². The third kappa shape index (κ3) is 55.3. The lowest BCUT2D eigenvalue weighted by molar-refractivity contribution is -0.167. The topological polar surface area (TPSA) is 78.9 Å². The number of hydrogen-bond donors (Lipinski definition) is 0. The van der Waals surface area contributed by atoms with Crippen LogP contribution in [0.25, 0.3) is 0 Å². The Morgan fingerprint density at radius 1 is 0.300 bits per heavy atom. The lowest BCUT2D eigenvalue weighted by Crippen LogP contribution is -2.30. The summed E-state index contributed by atoms with van der Waals surface area (Å²) in [7, 11) is 0. The predicted octanol–water partition coefficient (Wildman–Crippen LogP) is 19.7. The van der Waals surface area contributed by atoms with Crippen LogP contribution in [0.5, 0.6) is 0 Å². The highest BCUT2D eigenvalue weighted by Crippen LogP contribution is 2.15. The molecule has 0 aromatic carbocycles. The molecule has 0 N–H and O–H groups in total. The molecule has 1 atom stereocenters. The molecule has 0 saturated heterocycles. The van der Waals surface area contributed by atoms with Gasteiger partial charge in [0.05, 0.1) is 0 Å². The van der Waals surface area contributed by atoms with E-state index in [1.54, 1.807) is 0 Å². The van der Waals surface area contributed by atoms with E-state index in [0.29, 0.717) is 19.3 Å². The van der Waals surface area contributed by atoms with Gasteiger partial charge in [0.15, 0.2) is 6.10 Å². The quantitative estimate of drug-likeness (QED) is 0.0262. The molecule has 0 aliphatic rings. The van der Waals surface area contributed by atoms with Crippen molar-refractivity contribution in [2.45, 2.75) is 277 Å². The third-order valence-electron chi connectivity index (χ3n) is 12.3. The summed E-state index contributed by atoms with van der Waals surface area (Å²) in [5.41, 5.74) is 0. The van der Waals surface area contributed by atoms with Crippen molar-refractivity contribution < 1.29 is 28.6 Å². The van der Waals surface area contributed by atoms with Crippen LogP contribution in [0, 0.1) is 0 Å². The molecular weight excluding hydrogens is 865 g/mol. The molecule has 400 valence electrons. The SMILES string of the molecule is CC/C=C\C/C=C\C/C=C\C/C=C\C/C=C\CCCCCCCCCCCC(=O)OCC(COC(=O)CCCCCCC/C=C\CCCCC)OC(=O)CCCCCCC/C=C\C/C=C\CCCCC. The summed E-state index contributed by atoms with van der Waals surface area (Å²) < 4.78 is 16.8. The summed E-state index contributed by atoms with van der Waals surface area (Å²) >= 11 is 0. The van der Waals surface area contributed by atoms with Gasteiger partial charge in [-0.1, -0.05) is 227 Å². The number of carbonyl (C=O) groups is 3. The van der Waals surface area contributed by atoms with E-state index in [4.69, 9.17) is 14.2 Å². The van der Waals surface area contributed by atoms with Crippen LogP contribution in [-0.4, -0.2) is 37.2 Å². The van der Waals surface area contributed by atoms with Crippen LogP contribution >= 0.6 is 0 Å². The number of hydrogen-bond acceptors (Lipinski definition) is 6. The number of esters is 3. The molecule has 0 aromatic heterocycles. The highest BCUT2D eigenvalue weighted by molar-refractivity contribution is 5.71. The molecule has 6 nitrogen and oxygen atoms in total. The zero-order valence-electron chi connectivity index (χ0n) is 45.8. The van der Waals surface area contributed by atoms with Crippen LogP contribution in [0.3, 0.4) is 0 Å². The van der Waals surface area contributed by atoms with E-state index in [1.165, 1.54) is 103 Å². The molecular formula is C64H108O6. The molecule has 1 unspecified atom stereocenters. The molecule has 0 aliphatic heterocycles. The highest BCUT2D eigenvalue weighted by Gasteiger charge is 2.19. The van der Waals surface area contributed by atoms with Gasteiger partial charge in [0.1, 0.15) is 13.2 Å². The van der Waals surface area contributed by atoms with Crippen molar-refractivity contribution in [1.82, 2.24) is 0 Å². The molecule has 0 spiro atoms. The van der Waals surface area contributed by atoms with Gasteiger partial charge in [-0.3, -0.25) is 14.4 Å². The molecule has 0 rings (SSSR count). The van der Waals surface area contributed by atoms with E-state index < -0.39 is 6.10 Å². The van der Waals surface area contributed by atoms with Gasteiger partial charge in [0, 0.05) is 19.3 Å². The van der Waals surface area contributed by atoms with E-state index in [2.05, 4.69) is 118 Å². The van der Waals surface area contributed by atoms with Gasteiger partial charge in [0.2, 0.25) is 0 Å². The molecule has 0 aliphatic carbocycles. The average Bonchev–Trinajstić information content (AvgIpc) is 3.36. The van der Waals surface area contributed by atoms with Gasteiger partial charge in [-0.2, -0.15) is 0 Å². The lowest BCUT2D eigenvalue weighted by Gasteiger charge is -2.18. The van der Waals surface area contributed by atoms with Crippen molar-refractivity contribution in [3.63, 3.8) is 0 Å². The summed E-state index contributed by atoms with van der Waals surface area (Å²) in [5, 5.41) is 0. The van der Waals surface area contributed by atoms with E-state index in [9.17, 15) is 14.4 Å². The maximum atomic E-state index is 12.8. The third-order valence-corrected chi connectivity index (χ3v) is 12.3. The maximum Gasteiger partial charge on any atom is 0.306 e. The van der Waals surface area contributed by atoms with Crippen LogP contribution in [-0.2, 0) is 28.6 Å². The Balaban J connectivity index is 4.33. The van der Waals surface area contributed by atoms with Crippen molar-refractivity contribution in [2.24, 2.45) is 0 Å². The van der Waals surface area contributed by atoms with Crippen molar-refractivity contribution in [2.75, 3.05) is 13.2 Å². The highest BCUT2D eigenvalue weighted by atomic mass is 16.6. The second-order valence-electron chi connectivity index (χ2n) is 19.2. The first-order valence-corrected chi connectivity index (χ1v) is 29.2.